The first-order chi connectivity index (χ1) is 8.56. The van der Waals surface area contributed by atoms with Crippen molar-refractivity contribution in [1.82, 2.24) is 10.6 Å². The van der Waals surface area contributed by atoms with Gasteiger partial charge in [0.2, 0.25) is 0 Å². The third-order valence-corrected chi connectivity index (χ3v) is 4.27. The standard InChI is InChI=1S/C14H19BrN2O.ClH/c1-9-7-11(3-4-13(9)15)14(18)17-12-5-6-16-10(2)8-12;/h3-4,7,10,12,16H,5-6,8H2,1-2H3,(H,17,18);1H. The summed E-state index contributed by atoms with van der Waals surface area (Å²) >= 11 is 3.44. The van der Waals surface area contributed by atoms with Crippen LogP contribution < -0.4 is 10.6 Å². The molecule has 2 atom stereocenters. The molecule has 106 valence electrons. The van der Waals surface area contributed by atoms with E-state index >= 15 is 0 Å². The quantitative estimate of drug-likeness (QED) is 0.863. The Kier molecular flexibility index (Phi) is 6.30. The lowest BCUT2D eigenvalue weighted by Gasteiger charge is -2.28. The summed E-state index contributed by atoms with van der Waals surface area (Å²) in [4.78, 5) is 12.1. The number of carbonyl (C=O) groups excluding carboxylic acids is 1. The number of halogens is 2. The van der Waals surface area contributed by atoms with Crippen LogP contribution in [0.4, 0.5) is 0 Å². The Morgan fingerprint density at radius 1 is 1.47 bits per heavy atom. The second kappa shape index (κ2) is 7.27. The fourth-order valence-electron chi connectivity index (χ4n) is 2.32. The van der Waals surface area contributed by atoms with Gasteiger partial charge < -0.3 is 10.6 Å². The van der Waals surface area contributed by atoms with E-state index in [-0.39, 0.29) is 24.4 Å². The second-order valence-electron chi connectivity index (χ2n) is 5.01. The van der Waals surface area contributed by atoms with Crippen molar-refractivity contribution in [1.29, 1.82) is 0 Å². The summed E-state index contributed by atoms with van der Waals surface area (Å²) in [5.74, 6) is 0.0321. The summed E-state index contributed by atoms with van der Waals surface area (Å²) in [6.45, 7) is 5.13. The Morgan fingerprint density at radius 3 is 2.84 bits per heavy atom. The smallest absolute Gasteiger partial charge is 0.251 e. The molecule has 3 nitrogen and oxygen atoms in total. The number of hydrogen-bond donors (Lipinski definition) is 2. The number of carbonyl (C=O) groups is 1. The van der Waals surface area contributed by atoms with E-state index in [2.05, 4.69) is 33.5 Å². The van der Waals surface area contributed by atoms with Gasteiger partial charge in [-0.25, -0.2) is 0 Å². The Bertz CT molecular complexity index is 453. The molecule has 19 heavy (non-hydrogen) atoms. The Hall–Kier alpha value is -0.580. The molecule has 1 aromatic rings. The minimum absolute atomic E-state index is 0. The monoisotopic (exact) mass is 346 g/mol. The molecular formula is C14H20BrClN2O. The van der Waals surface area contributed by atoms with E-state index in [0.29, 0.717) is 6.04 Å². The molecule has 1 aliphatic rings. The van der Waals surface area contributed by atoms with Gasteiger partial charge in [-0.15, -0.1) is 12.4 Å². The lowest BCUT2D eigenvalue weighted by Crippen LogP contribution is -2.46. The Morgan fingerprint density at radius 2 is 2.21 bits per heavy atom. The number of nitrogens with one attached hydrogen (secondary N) is 2. The van der Waals surface area contributed by atoms with Crippen LogP contribution >= 0.6 is 28.3 Å². The highest BCUT2D eigenvalue weighted by molar-refractivity contribution is 9.10. The van der Waals surface area contributed by atoms with Crippen LogP contribution in [0, 0.1) is 6.92 Å². The SMILES string of the molecule is Cc1cc(C(=O)NC2CCNC(C)C2)ccc1Br.Cl. The van der Waals surface area contributed by atoms with Crippen molar-refractivity contribution >= 4 is 34.2 Å². The maximum absolute atomic E-state index is 12.1. The van der Waals surface area contributed by atoms with Crippen molar-refractivity contribution in [2.75, 3.05) is 6.54 Å². The predicted molar refractivity (Wildman–Crippen MR) is 84.1 cm³/mol. The fraction of sp³-hybridized carbons (Fsp3) is 0.500. The molecule has 2 rings (SSSR count). The molecule has 0 spiro atoms. The minimum Gasteiger partial charge on any atom is -0.349 e. The van der Waals surface area contributed by atoms with Crippen LogP contribution in [0.1, 0.15) is 35.7 Å². The molecule has 1 saturated heterocycles. The molecule has 5 heteroatoms. The molecule has 0 aromatic heterocycles. The average Bonchev–Trinajstić information content (AvgIpc) is 2.32. The molecule has 0 bridgehead atoms. The average molecular weight is 348 g/mol. The summed E-state index contributed by atoms with van der Waals surface area (Å²) < 4.78 is 1.04. The summed E-state index contributed by atoms with van der Waals surface area (Å²) in [7, 11) is 0. The lowest BCUT2D eigenvalue weighted by atomic mass is 10.00. The van der Waals surface area contributed by atoms with E-state index in [0.717, 1.165) is 35.0 Å². The van der Waals surface area contributed by atoms with Gasteiger partial charge in [0.1, 0.15) is 0 Å². The fourth-order valence-corrected chi connectivity index (χ4v) is 2.56. The topological polar surface area (TPSA) is 41.1 Å². The highest BCUT2D eigenvalue weighted by Gasteiger charge is 2.20. The molecule has 2 N–H and O–H groups in total. The highest BCUT2D eigenvalue weighted by Crippen LogP contribution is 2.17. The van der Waals surface area contributed by atoms with E-state index in [1.54, 1.807) is 0 Å². The number of aryl methyl sites for hydroxylation is 1. The van der Waals surface area contributed by atoms with Crippen LogP contribution in [0.25, 0.3) is 0 Å². The summed E-state index contributed by atoms with van der Waals surface area (Å²) in [6.07, 6.45) is 2.01. The molecule has 1 amide bonds. The van der Waals surface area contributed by atoms with Gasteiger partial charge in [0.15, 0.2) is 0 Å². The van der Waals surface area contributed by atoms with Gasteiger partial charge in [0.25, 0.3) is 5.91 Å². The first-order valence-electron chi connectivity index (χ1n) is 6.36. The van der Waals surface area contributed by atoms with Crippen LogP contribution in [0.3, 0.4) is 0 Å². The largest absolute Gasteiger partial charge is 0.349 e. The first kappa shape index (κ1) is 16.5. The van der Waals surface area contributed by atoms with Crippen molar-refractivity contribution in [2.45, 2.75) is 38.8 Å². The third kappa shape index (κ3) is 4.48. The highest BCUT2D eigenvalue weighted by atomic mass is 79.9. The van der Waals surface area contributed by atoms with E-state index < -0.39 is 0 Å². The zero-order valence-corrected chi connectivity index (χ0v) is 13.6. The number of rotatable bonds is 2. The molecule has 0 radical (unpaired) electrons. The van der Waals surface area contributed by atoms with Gasteiger partial charge >= 0.3 is 0 Å². The zero-order chi connectivity index (χ0) is 13.1. The van der Waals surface area contributed by atoms with Crippen LogP contribution in [-0.2, 0) is 0 Å². The number of piperidine rings is 1. The van der Waals surface area contributed by atoms with E-state index in [1.807, 2.05) is 25.1 Å². The number of amides is 1. The Labute approximate surface area is 129 Å². The predicted octanol–water partition coefficient (Wildman–Crippen LogP) is 3.05. The minimum atomic E-state index is 0. The van der Waals surface area contributed by atoms with Gasteiger partial charge in [-0.1, -0.05) is 15.9 Å². The van der Waals surface area contributed by atoms with Gasteiger partial charge in [-0.2, -0.15) is 0 Å². The van der Waals surface area contributed by atoms with Crippen molar-refractivity contribution < 1.29 is 4.79 Å². The van der Waals surface area contributed by atoms with Crippen molar-refractivity contribution in [3.05, 3.63) is 33.8 Å². The third-order valence-electron chi connectivity index (χ3n) is 3.38. The molecule has 1 aliphatic heterocycles. The van der Waals surface area contributed by atoms with Gasteiger partial charge in [-0.05, 0) is 57.0 Å². The first-order valence-corrected chi connectivity index (χ1v) is 7.16. The van der Waals surface area contributed by atoms with Crippen LogP contribution in [0.5, 0.6) is 0 Å². The van der Waals surface area contributed by atoms with E-state index in [1.165, 1.54) is 0 Å². The molecule has 1 heterocycles. The molecular weight excluding hydrogens is 328 g/mol. The maximum atomic E-state index is 12.1. The van der Waals surface area contributed by atoms with Crippen LogP contribution in [0.15, 0.2) is 22.7 Å². The van der Waals surface area contributed by atoms with E-state index in [4.69, 9.17) is 0 Å². The maximum Gasteiger partial charge on any atom is 0.251 e. The second-order valence-corrected chi connectivity index (χ2v) is 5.87. The summed E-state index contributed by atoms with van der Waals surface area (Å²) in [5.41, 5.74) is 1.82. The van der Waals surface area contributed by atoms with Crippen molar-refractivity contribution in [3.63, 3.8) is 0 Å². The van der Waals surface area contributed by atoms with Gasteiger partial charge in [0.05, 0.1) is 0 Å². The van der Waals surface area contributed by atoms with Crippen molar-refractivity contribution in [2.24, 2.45) is 0 Å². The van der Waals surface area contributed by atoms with Gasteiger partial charge in [0, 0.05) is 22.1 Å². The van der Waals surface area contributed by atoms with Crippen LogP contribution in [-0.4, -0.2) is 24.5 Å². The molecule has 0 aliphatic carbocycles. The normalized spacial score (nSPS) is 22.5. The summed E-state index contributed by atoms with van der Waals surface area (Å²) in [5, 5.41) is 6.50. The van der Waals surface area contributed by atoms with Crippen LogP contribution in [0.2, 0.25) is 0 Å². The number of benzene rings is 1. The van der Waals surface area contributed by atoms with Gasteiger partial charge in [-0.3, -0.25) is 4.79 Å². The molecule has 1 aromatic carbocycles. The molecule has 2 unspecified atom stereocenters. The van der Waals surface area contributed by atoms with Crippen molar-refractivity contribution in [3.8, 4) is 0 Å². The summed E-state index contributed by atoms with van der Waals surface area (Å²) in [6, 6.07) is 6.48. The molecule has 1 fully saturated rings. The lowest BCUT2D eigenvalue weighted by molar-refractivity contribution is 0.0925. The van der Waals surface area contributed by atoms with E-state index in [9.17, 15) is 4.79 Å². The molecule has 0 saturated carbocycles. The Balaban J connectivity index is 0.00000180. The number of hydrogen-bond acceptors (Lipinski definition) is 2. The zero-order valence-electron chi connectivity index (χ0n) is 11.2.